The summed E-state index contributed by atoms with van der Waals surface area (Å²) in [6, 6.07) is 8.32. The Bertz CT molecular complexity index is 556. The van der Waals surface area contributed by atoms with E-state index in [4.69, 9.17) is 4.43 Å². The predicted molar refractivity (Wildman–Crippen MR) is 104 cm³/mol. The van der Waals surface area contributed by atoms with Crippen LogP contribution in [0.1, 0.15) is 46.1 Å². The highest BCUT2D eigenvalue weighted by atomic mass is 28.4. The third kappa shape index (κ3) is 5.51. The van der Waals surface area contributed by atoms with Crippen molar-refractivity contribution >= 4 is 14.0 Å². The minimum Gasteiger partial charge on any atom is -0.414 e. The Morgan fingerprint density at radius 1 is 1.12 bits per heavy atom. The molecule has 1 aliphatic rings. The third-order valence-electron chi connectivity index (χ3n) is 5.62. The highest BCUT2D eigenvalue weighted by Crippen LogP contribution is 2.37. The molecule has 2 nitrogen and oxygen atoms in total. The van der Waals surface area contributed by atoms with Crippen molar-refractivity contribution in [1.29, 1.82) is 0 Å². The first-order chi connectivity index (χ1) is 11.4. The summed E-state index contributed by atoms with van der Waals surface area (Å²) in [5.74, 6) is -2.49. The van der Waals surface area contributed by atoms with Gasteiger partial charge in [-0.25, -0.2) is 8.78 Å². The van der Waals surface area contributed by atoms with Gasteiger partial charge in [0.15, 0.2) is 8.32 Å². The normalized spacial score (nSPS) is 19.8. The lowest BCUT2D eigenvalue weighted by atomic mass is 10.0. The van der Waals surface area contributed by atoms with Crippen molar-refractivity contribution in [2.45, 2.75) is 77.1 Å². The molecule has 0 unspecified atom stereocenters. The average Bonchev–Trinajstić information content (AvgIpc) is 2.46. The van der Waals surface area contributed by atoms with Crippen molar-refractivity contribution < 1.29 is 13.2 Å². The third-order valence-corrected chi connectivity index (χ3v) is 10.2. The highest BCUT2D eigenvalue weighted by Gasteiger charge is 2.38. The summed E-state index contributed by atoms with van der Waals surface area (Å²) in [4.78, 5) is 2.05. The topological polar surface area (TPSA) is 12.5 Å². The summed E-state index contributed by atoms with van der Waals surface area (Å²) in [7, 11) is -1.75. The SMILES string of the molecule is C[C@H](Cc1ccc(N2CCC(F)(F)CC2)cc1)O[Si](C)(C)C(C)(C)C. The number of alkyl halides is 2. The molecule has 5 heteroatoms. The van der Waals surface area contributed by atoms with Gasteiger partial charge in [-0.05, 0) is 49.2 Å². The van der Waals surface area contributed by atoms with Crippen LogP contribution in [0.3, 0.4) is 0 Å². The van der Waals surface area contributed by atoms with Gasteiger partial charge in [-0.15, -0.1) is 0 Å². The van der Waals surface area contributed by atoms with E-state index in [0.717, 1.165) is 12.1 Å². The zero-order valence-electron chi connectivity index (χ0n) is 16.5. The van der Waals surface area contributed by atoms with E-state index in [2.05, 4.69) is 70.0 Å². The quantitative estimate of drug-likeness (QED) is 0.601. The minimum atomic E-state index is -2.49. The van der Waals surface area contributed by atoms with Crippen molar-refractivity contribution in [3.8, 4) is 0 Å². The predicted octanol–water partition coefficient (Wildman–Crippen LogP) is 5.87. The number of nitrogens with zero attached hydrogens (tertiary/aromatic N) is 1. The van der Waals surface area contributed by atoms with Crippen LogP contribution in [0.25, 0.3) is 0 Å². The van der Waals surface area contributed by atoms with E-state index < -0.39 is 14.2 Å². The summed E-state index contributed by atoms with van der Waals surface area (Å²) in [5.41, 5.74) is 2.27. The van der Waals surface area contributed by atoms with Crippen LogP contribution in [-0.2, 0) is 10.8 Å². The molecule has 1 heterocycles. The molecule has 0 radical (unpaired) electrons. The van der Waals surface area contributed by atoms with E-state index in [0.29, 0.717) is 13.1 Å². The second kappa shape index (κ2) is 7.35. The van der Waals surface area contributed by atoms with Crippen LogP contribution in [0.2, 0.25) is 18.1 Å². The Kier molecular flexibility index (Phi) is 5.99. The van der Waals surface area contributed by atoms with Crippen LogP contribution in [0, 0.1) is 0 Å². The summed E-state index contributed by atoms with van der Waals surface area (Å²) in [5, 5.41) is 0.210. The summed E-state index contributed by atoms with van der Waals surface area (Å²) >= 11 is 0. The Labute approximate surface area is 152 Å². The molecule has 1 aromatic rings. The second-order valence-corrected chi connectivity index (χ2v) is 13.7. The van der Waals surface area contributed by atoms with Crippen LogP contribution in [0.4, 0.5) is 14.5 Å². The van der Waals surface area contributed by atoms with Gasteiger partial charge in [0.1, 0.15) is 0 Å². The summed E-state index contributed by atoms with van der Waals surface area (Å²) in [6.45, 7) is 14.3. The Morgan fingerprint density at radius 2 is 1.64 bits per heavy atom. The molecule has 1 fully saturated rings. The highest BCUT2D eigenvalue weighted by molar-refractivity contribution is 6.74. The summed E-state index contributed by atoms with van der Waals surface area (Å²) < 4.78 is 33.0. The molecule has 142 valence electrons. The fourth-order valence-corrected chi connectivity index (χ4v) is 4.43. The largest absolute Gasteiger partial charge is 0.414 e. The minimum absolute atomic E-state index is 0.0495. The first-order valence-electron chi connectivity index (χ1n) is 9.29. The van der Waals surface area contributed by atoms with Crippen molar-refractivity contribution in [2.24, 2.45) is 0 Å². The molecule has 0 aromatic heterocycles. The van der Waals surface area contributed by atoms with E-state index in [9.17, 15) is 8.78 Å². The van der Waals surface area contributed by atoms with E-state index in [-0.39, 0.29) is 24.0 Å². The average molecular weight is 370 g/mol. The van der Waals surface area contributed by atoms with Gasteiger partial charge >= 0.3 is 0 Å². The number of rotatable bonds is 5. The fourth-order valence-electron chi connectivity index (χ4n) is 2.99. The van der Waals surface area contributed by atoms with Gasteiger partial charge in [0.25, 0.3) is 5.92 Å². The molecular weight excluding hydrogens is 336 g/mol. The monoisotopic (exact) mass is 369 g/mol. The van der Waals surface area contributed by atoms with E-state index in [1.54, 1.807) is 0 Å². The number of hydrogen-bond donors (Lipinski definition) is 0. The molecule has 0 amide bonds. The number of hydrogen-bond acceptors (Lipinski definition) is 2. The van der Waals surface area contributed by atoms with Crippen LogP contribution < -0.4 is 4.90 Å². The molecule has 0 bridgehead atoms. The van der Waals surface area contributed by atoms with Crippen molar-refractivity contribution in [1.82, 2.24) is 0 Å². The number of piperidine rings is 1. The lowest BCUT2D eigenvalue weighted by molar-refractivity contribution is -0.0220. The maximum absolute atomic E-state index is 13.3. The van der Waals surface area contributed by atoms with Crippen LogP contribution in [0.5, 0.6) is 0 Å². The number of halogens is 2. The van der Waals surface area contributed by atoms with Gasteiger partial charge in [0.2, 0.25) is 0 Å². The van der Waals surface area contributed by atoms with Crippen LogP contribution >= 0.6 is 0 Å². The number of benzene rings is 1. The van der Waals surface area contributed by atoms with E-state index in [1.807, 2.05) is 0 Å². The van der Waals surface area contributed by atoms with E-state index >= 15 is 0 Å². The molecule has 0 aliphatic carbocycles. The molecule has 1 aromatic carbocycles. The molecule has 1 aliphatic heterocycles. The molecule has 0 spiro atoms. The first-order valence-corrected chi connectivity index (χ1v) is 12.2. The van der Waals surface area contributed by atoms with Gasteiger partial charge < -0.3 is 9.33 Å². The molecule has 0 saturated carbocycles. The maximum atomic E-state index is 13.3. The molecular formula is C20H33F2NOSi. The van der Waals surface area contributed by atoms with Crippen LogP contribution in [-0.4, -0.2) is 33.4 Å². The molecule has 25 heavy (non-hydrogen) atoms. The van der Waals surface area contributed by atoms with Gasteiger partial charge in [0, 0.05) is 37.7 Å². The van der Waals surface area contributed by atoms with Crippen molar-refractivity contribution in [3.05, 3.63) is 29.8 Å². The summed E-state index contributed by atoms with van der Waals surface area (Å²) in [6.07, 6.45) is 0.962. The Morgan fingerprint density at radius 3 is 2.12 bits per heavy atom. The van der Waals surface area contributed by atoms with Gasteiger partial charge in [-0.3, -0.25) is 0 Å². The van der Waals surface area contributed by atoms with Crippen molar-refractivity contribution in [2.75, 3.05) is 18.0 Å². The Balaban J connectivity index is 1.92. The Hall–Kier alpha value is -0.943. The fraction of sp³-hybridized carbons (Fsp3) is 0.700. The zero-order chi connectivity index (χ0) is 18.9. The van der Waals surface area contributed by atoms with Crippen LogP contribution in [0.15, 0.2) is 24.3 Å². The first kappa shape index (κ1) is 20.4. The maximum Gasteiger partial charge on any atom is 0.251 e. The smallest absolute Gasteiger partial charge is 0.251 e. The zero-order valence-corrected chi connectivity index (χ0v) is 17.5. The molecule has 2 rings (SSSR count). The lowest BCUT2D eigenvalue weighted by Crippen LogP contribution is -2.43. The molecule has 1 atom stereocenters. The number of anilines is 1. The lowest BCUT2D eigenvalue weighted by Gasteiger charge is -2.38. The van der Waals surface area contributed by atoms with E-state index in [1.165, 1.54) is 5.56 Å². The second-order valence-electron chi connectivity index (χ2n) is 8.90. The molecule has 1 saturated heterocycles. The van der Waals surface area contributed by atoms with Gasteiger partial charge in [-0.2, -0.15) is 0 Å². The van der Waals surface area contributed by atoms with Gasteiger partial charge in [0.05, 0.1) is 0 Å². The standard InChI is InChI=1S/C20H33F2NOSi/c1-16(24-25(5,6)19(2,3)4)15-17-7-9-18(10-8-17)23-13-11-20(21,22)12-14-23/h7-10,16H,11-15H2,1-6H3/t16-/m1/s1. The van der Waals surface area contributed by atoms with Gasteiger partial charge in [-0.1, -0.05) is 32.9 Å². The van der Waals surface area contributed by atoms with Crippen molar-refractivity contribution in [3.63, 3.8) is 0 Å². The molecule has 0 N–H and O–H groups in total.